The minimum atomic E-state index is -2.23. The van der Waals surface area contributed by atoms with E-state index in [0.29, 0.717) is 12.8 Å². The summed E-state index contributed by atoms with van der Waals surface area (Å²) in [5.41, 5.74) is -1.14. The fraction of sp³-hybridized carbons (Fsp3) is 0.417. The van der Waals surface area contributed by atoms with Crippen molar-refractivity contribution in [2.45, 2.75) is 25.9 Å². The van der Waals surface area contributed by atoms with Crippen LogP contribution in [0.2, 0.25) is 0 Å². The SMILES string of the molecule is O=C(OCc1c(F)c(F)c(F)c(F)c1F)C1CCC1. The van der Waals surface area contributed by atoms with Crippen LogP contribution in [0, 0.1) is 35.0 Å². The molecule has 0 atom stereocenters. The lowest BCUT2D eigenvalue weighted by Gasteiger charge is -2.23. The molecule has 0 aromatic heterocycles. The van der Waals surface area contributed by atoms with Crippen molar-refractivity contribution in [1.82, 2.24) is 0 Å². The van der Waals surface area contributed by atoms with Crippen molar-refractivity contribution in [2.24, 2.45) is 5.92 Å². The number of hydrogen-bond acceptors (Lipinski definition) is 2. The molecule has 1 aromatic carbocycles. The third kappa shape index (κ3) is 2.41. The third-order valence-corrected chi connectivity index (χ3v) is 3.10. The Balaban J connectivity index is 2.18. The van der Waals surface area contributed by atoms with Gasteiger partial charge in [-0.2, -0.15) is 0 Å². The molecule has 1 saturated carbocycles. The van der Waals surface area contributed by atoms with Gasteiger partial charge in [-0.25, -0.2) is 22.0 Å². The van der Waals surface area contributed by atoms with Crippen molar-refractivity contribution in [3.8, 4) is 0 Å². The average Bonchev–Trinajstić information content (AvgIpc) is 2.32. The van der Waals surface area contributed by atoms with Gasteiger partial charge in [0.05, 0.1) is 11.5 Å². The van der Waals surface area contributed by atoms with Crippen molar-refractivity contribution >= 4 is 5.97 Å². The third-order valence-electron chi connectivity index (χ3n) is 3.10. The lowest BCUT2D eigenvalue weighted by molar-refractivity contribution is -0.152. The van der Waals surface area contributed by atoms with Gasteiger partial charge in [0, 0.05) is 0 Å². The first-order chi connectivity index (χ1) is 8.93. The summed E-state index contributed by atoms with van der Waals surface area (Å²) >= 11 is 0. The molecule has 19 heavy (non-hydrogen) atoms. The fourth-order valence-corrected chi connectivity index (χ4v) is 1.68. The number of benzene rings is 1. The van der Waals surface area contributed by atoms with Crippen LogP contribution in [0.3, 0.4) is 0 Å². The minimum Gasteiger partial charge on any atom is -0.460 e. The Kier molecular flexibility index (Phi) is 3.73. The van der Waals surface area contributed by atoms with Crippen LogP contribution in [-0.4, -0.2) is 5.97 Å². The summed E-state index contributed by atoms with van der Waals surface area (Å²) in [6, 6.07) is 0. The molecular formula is C12H9F5O2. The van der Waals surface area contributed by atoms with Crippen molar-refractivity contribution in [1.29, 1.82) is 0 Å². The molecule has 1 aliphatic carbocycles. The Morgan fingerprint density at radius 3 is 1.84 bits per heavy atom. The first-order valence-corrected chi connectivity index (χ1v) is 5.60. The maximum Gasteiger partial charge on any atom is 0.309 e. The lowest BCUT2D eigenvalue weighted by atomic mass is 9.86. The summed E-state index contributed by atoms with van der Waals surface area (Å²) in [6.07, 6.45) is 2.06. The van der Waals surface area contributed by atoms with E-state index in [1.165, 1.54) is 0 Å². The van der Waals surface area contributed by atoms with Gasteiger partial charge in [0.25, 0.3) is 0 Å². The number of halogens is 5. The molecule has 1 fully saturated rings. The Labute approximate surface area is 105 Å². The number of rotatable bonds is 3. The molecule has 0 aliphatic heterocycles. The molecule has 0 heterocycles. The number of hydrogen-bond donors (Lipinski definition) is 0. The van der Waals surface area contributed by atoms with Gasteiger partial charge in [0.1, 0.15) is 6.61 Å². The van der Waals surface area contributed by atoms with E-state index in [-0.39, 0.29) is 5.92 Å². The Bertz CT molecular complexity index is 496. The highest BCUT2D eigenvalue weighted by atomic mass is 19.2. The van der Waals surface area contributed by atoms with Gasteiger partial charge in [-0.3, -0.25) is 4.79 Å². The summed E-state index contributed by atoms with van der Waals surface area (Å²) in [6.45, 7) is -0.971. The molecule has 0 unspecified atom stereocenters. The van der Waals surface area contributed by atoms with E-state index in [2.05, 4.69) is 4.74 Å². The van der Waals surface area contributed by atoms with Crippen molar-refractivity contribution < 1.29 is 31.5 Å². The van der Waals surface area contributed by atoms with Crippen molar-refractivity contribution in [3.63, 3.8) is 0 Å². The zero-order valence-electron chi connectivity index (χ0n) is 9.61. The molecule has 7 heteroatoms. The molecule has 104 valence electrons. The number of carbonyl (C=O) groups is 1. The fourth-order valence-electron chi connectivity index (χ4n) is 1.68. The highest BCUT2D eigenvalue weighted by molar-refractivity contribution is 5.73. The molecule has 0 amide bonds. The summed E-state index contributed by atoms with van der Waals surface area (Å²) in [7, 11) is 0. The molecule has 0 radical (unpaired) electrons. The first kappa shape index (κ1) is 13.8. The second kappa shape index (κ2) is 5.14. The Morgan fingerprint density at radius 1 is 0.947 bits per heavy atom. The van der Waals surface area contributed by atoms with Crippen LogP contribution in [0.25, 0.3) is 0 Å². The van der Waals surface area contributed by atoms with E-state index in [0.717, 1.165) is 6.42 Å². The van der Waals surface area contributed by atoms with Gasteiger partial charge in [0.15, 0.2) is 23.3 Å². The normalized spacial score (nSPS) is 15.2. The van der Waals surface area contributed by atoms with Gasteiger partial charge in [0.2, 0.25) is 5.82 Å². The van der Waals surface area contributed by atoms with E-state index in [4.69, 9.17) is 0 Å². The van der Waals surface area contributed by atoms with Crippen LogP contribution in [0.1, 0.15) is 24.8 Å². The molecular weight excluding hydrogens is 271 g/mol. The smallest absolute Gasteiger partial charge is 0.309 e. The van der Waals surface area contributed by atoms with E-state index in [1.807, 2.05) is 0 Å². The molecule has 0 saturated heterocycles. The summed E-state index contributed by atoms with van der Waals surface area (Å²) < 4.78 is 69.5. The predicted molar refractivity (Wildman–Crippen MR) is 53.4 cm³/mol. The van der Waals surface area contributed by atoms with E-state index in [1.54, 1.807) is 0 Å². The molecule has 2 nitrogen and oxygen atoms in total. The monoisotopic (exact) mass is 280 g/mol. The van der Waals surface area contributed by atoms with Crippen LogP contribution < -0.4 is 0 Å². The van der Waals surface area contributed by atoms with Crippen molar-refractivity contribution in [2.75, 3.05) is 0 Å². The molecule has 2 rings (SSSR count). The summed E-state index contributed by atoms with van der Waals surface area (Å²) in [5, 5.41) is 0. The van der Waals surface area contributed by atoms with E-state index in [9.17, 15) is 26.7 Å². The molecule has 1 aromatic rings. The minimum absolute atomic E-state index is 0.346. The highest BCUT2D eigenvalue weighted by Gasteiger charge is 2.29. The molecule has 0 spiro atoms. The van der Waals surface area contributed by atoms with Gasteiger partial charge >= 0.3 is 5.97 Å². The van der Waals surface area contributed by atoms with Gasteiger partial charge in [-0.1, -0.05) is 6.42 Å². The van der Waals surface area contributed by atoms with Crippen molar-refractivity contribution in [3.05, 3.63) is 34.6 Å². The quantitative estimate of drug-likeness (QED) is 0.368. The molecule has 0 N–H and O–H groups in total. The van der Waals surface area contributed by atoms with E-state index >= 15 is 0 Å². The van der Waals surface area contributed by atoms with Crippen LogP contribution in [0.15, 0.2) is 0 Å². The van der Waals surface area contributed by atoms with Crippen LogP contribution in [0.4, 0.5) is 22.0 Å². The zero-order valence-corrected chi connectivity index (χ0v) is 9.61. The summed E-state index contributed by atoms with van der Waals surface area (Å²) in [4.78, 5) is 11.3. The highest BCUT2D eigenvalue weighted by Crippen LogP contribution is 2.29. The van der Waals surface area contributed by atoms with Gasteiger partial charge in [-0.05, 0) is 12.8 Å². The second-order valence-electron chi connectivity index (χ2n) is 4.28. The molecule has 1 aliphatic rings. The average molecular weight is 280 g/mol. The standard InChI is InChI=1S/C12H9F5O2/c13-7-6(4-19-12(18)5-2-1-3-5)8(14)10(16)11(17)9(7)15/h5H,1-4H2. The van der Waals surface area contributed by atoms with Gasteiger partial charge in [-0.15, -0.1) is 0 Å². The predicted octanol–water partition coefficient (Wildman–Crippen LogP) is 3.23. The lowest BCUT2D eigenvalue weighted by Crippen LogP contribution is -2.24. The maximum absolute atomic E-state index is 13.2. The molecule has 0 bridgehead atoms. The number of ether oxygens (including phenoxy) is 1. The van der Waals surface area contributed by atoms with Gasteiger partial charge < -0.3 is 4.74 Å². The van der Waals surface area contributed by atoms with E-state index < -0.39 is 47.2 Å². The topological polar surface area (TPSA) is 26.3 Å². The Morgan fingerprint density at radius 2 is 1.42 bits per heavy atom. The van der Waals surface area contributed by atoms with Crippen LogP contribution >= 0.6 is 0 Å². The second-order valence-corrected chi connectivity index (χ2v) is 4.28. The largest absolute Gasteiger partial charge is 0.460 e. The number of esters is 1. The summed E-state index contributed by atoms with van der Waals surface area (Å²) in [5.74, 6) is -11.3. The van der Waals surface area contributed by atoms with Crippen LogP contribution in [0.5, 0.6) is 0 Å². The zero-order chi connectivity index (χ0) is 14.2. The first-order valence-electron chi connectivity index (χ1n) is 5.60. The Hall–Kier alpha value is -1.66. The number of carbonyl (C=O) groups excluding carboxylic acids is 1. The maximum atomic E-state index is 13.2. The van der Waals surface area contributed by atoms with Crippen LogP contribution in [-0.2, 0) is 16.1 Å².